The zero-order valence-corrected chi connectivity index (χ0v) is 15.5. The van der Waals surface area contributed by atoms with Crippen molar-refractivity contribution in [1.82, 2.24) is 14.3 Å². The van der Waals surface area contributed by atoms with Crippen molar-refractivity contribution < 1.29 is 19.0 Å². The Morgan fingerprint density at radius 1 is 1.35 bits per heavy atom. The maximum atomic E-state index is 12.7. The Balaban J connectivity index is 1.85. The molecule has 4 rings (SSSR count). The van der Waals surface area contributed by atoms with E-state index in [4.69, 9.17) is 14.2 Å². The molecule has 3 heterocycles. The maximum Gasteiger partial charge on any atom is 0.286 e. The van der Waals surface area contributed by atoms with Gasteiger partial charge in [-0.2, -0.15) is 4.99 Å². The number of fused-ring (bicyclic) bond motifs is 2. The van der Waals surface area contributed by atoms with Gasteiger partial charge in [-0.05, 0) is 6.92 Å². The van der Waals surface area contributed by atoms with Gasteiger partial charge >= 0.3 is 0 Å². The lowest BCUT2D eigenvalue weighted by molar-refractivity contribution is 0.0995. The summed E-state index contributed by atoms with van der Waals surface area (Å²) >= 11 is 1.44. The maximum absolute atomic E-state index is 12.7. The lowest BCUT2D eigenvalue weighted by Gasteiger charge is -2.18. The van der Waals surface area contributed by atoms with Crippen LogP contribution in [0.3, 0.4) is 0 Å². The van der Waals surface area contributed by atoms with Crippen molar-refractivity contribution in [2.45, 2.75) is 13.5 Å². The molecule has 3 aromatic rings. The number of hydrogen-bond acceptors (Lipinski definition) is 6. The highest BCUT2D eigenvalue weighted by atomic mass is 32.1. The minimum absolute atomic E-state index is 0.266. The van der Waals surface area contributed by atoms with E-state index >= 15 is 0 Å². The van der Waals surface area contributed by atoms with Crippen LogP contribution in [0.5, 0.6) is 17.4 Å². The minimum atomic E-state index is -0.388. The van der Waals surface area contributed by atoms with E-state index in [1.807, 2.05) is 23.6 Å². The van der Waals surface area contributed by atoms with Crippen LogP contribution in [-0.4, -0.2) is 40.6 Å². The standard InChI is InChI=1S/C17H18N4O4S/c1-4-21-11-7-12-13(25-6-5-24-12)8-14(11)26-17(21)18-15(22)10-9-20(2)19-16(10)23-3/h7-9H,4-6H2,1-3H3. The summed E-state index contributed by atoms with van der Waals surface area (Å²) in [6.45, 7) is 3.76. The van der Waals surface area contributed by atoms with Gasteiger partial charge in [0.05, 0.1) is 17.3 Å². The molecule has 1 amide bonds. The normalized spacial score (nSPS) is 14.0. The predicted molar refractivity (Wildman–Crippen MR) is 96.1 cm³/mol. The van der Waals surface area contributed by atoms with Crippen molar-refractivity contribution in [3.8, 4) is 17.4 Å². The first-order chi connectivity index (χ1) is 12.6. The molecule has 1 aliphatic rings. The second kappa shape index (κ2) is 6.49. The van der Waals surface area contributed by atoms with Gasteiger partial charge in [-0.1, -0.05) is 11.3 Å². The van der Waals surface area contributed by atoms with Gasteiger partial charge in [0.25, 0.3) is 5.91 Å². The average molecular weight is 374 g/mol. The Morgan fingerprint density at radius 2 is 2.08 bits per heavy atom. The van der Waals surface area contributed by atoms with Crippen LogP contribution >= 0.6 is 11.3 Å². The summed E-state index contributed by atoms with van der Waals surface area (Å²) in [7, 11) is 3.21. The van der Waals surface area contributed by atoms with Crippen LogP contribution in [0, 0.1) is 0 Å². The Bertz CT molecular complexity index is 1060. The van der Waals surface area contributed by atoms with Gasteiger partial charge in [-0.15, -0.1) is 5.10 Å². The van der Waals surface area contributed by atoms with Crippen LogP contribution in [0.1, 0.15) is 17.3 Å². The molecule has 0 N–H and O–H groups in total. The first kappa shape index (κ1) is 16.6. The van der Waals surface area contributed by atoms with Crippen molar-refractivity contribution >= 4 is 27.5 Å². The van der Waals surface area contributed by atoms with Crippen molar-refractivity contribution in [3.05, 3.63) is 28.7 Å². The fraction of sp³-hybridized carbons (Fsp3) is 0.353. The van der Waals surface area contributed by atoms with Gasteiger partial charge in [0.2, 0.25) is 5.88 Å². The number of carbonyl (C=O) groups is 1. The molecule has 0 atom stereocenters. The molecule has 0 aliphatic carbocycles. The molecule has 0 saturated heterocycles. The summed E-state index contributed by atoms with van der Waals surface area (Å²) in [5.41, 5.74) is 1.30. The van der Waals surface area contributed by atoms with Crippen molar-refractivity contribution in [2.75, 3.05) is 20.3 Å². The fourth-order valence-electron chi connectivity index (χ4n) is 2.91. The number of benzene rings is 1. The average Bonchev–Trinajstić information content (AvgIpc) is 3.18. The van der Waals surface area contributed by atoms with Crippen LogP contribution in [0.25, 0.3) is 10.2 Å². The van der Waals surface area contributed by atoms with E-state index in [9.17, 15) is 4.79 Å². The van der Waals surface area contributed by atoms with E-state index in [0.717, 1.165) is 21.7 Å². The second-order valence-corrected chi connectivity index (χ2v) is 6.74. The number of carbonyl (C=O) groups excluding carboxylic acids is 1. The van der Waals surface area contributed by atoms with E-state index in [0.29, 0.717) is 30.1 Å². The van der Waals surface area contributed by atoms with E-state index in [-0.39, 0.29) is 11.8 Å². The van der Waals surface area contributed by atoms with Crippen LogP contribution in [0.15, 0.2) is 23.3 Å². The number of thiazole rings is 1. The largest absolute Gasteiger partial charge is 0.486 e. The fourth-order valence-corrected chi connectivity index (χ4v) is 4.01. The summed E-state index contributed by atoms with van der Waals surface area (Å²) in [5, 5.41) is 4.11. The number of rotatable bonds is 3. The van der Waals surface area contributed by atoms with Crippen molar-refractivity contribution in [2.24, 2.45) is 12.0 Å². The van der Waals surface area contributed by atoms with E-state index in [2.05, 4.69) is 10.1 Å². The summed E-state index contributed by atoms with van der Waals surface area (Å²) in [5.74, 6) is 1.32. The van der Waals surface area contributed by atoms with E-state index in [1.54, 1.807) is 13.2 Å². The van der Waals surface area contributed by atoms with Gasteiger partial charge in [-0.25, -0.2) is 0 Å². The van der Waals surface area contributed by atoms with Crippen LogP contribution in [0.4, 0.5) is 0 Å². The molecule has 9 heteroatoms. The topological polar surface area (TPSA) is 79.9 Å². The SMILES string of the molecule is CCn1c(=NC(=O)c2cn(C)nc2OC)sc2cc3c(cc21)OCCO3. The highest BCUT2D eigenvalue weighted by Gasteiger charge is 2.18. The highest BCUT2D eigenvalue weighted by Crippen LogP contribution is 2.35. The molecule has 136 valence electrons. The molecule has 0 bridgehead atoms. The number of hydrogen-bond donors (Lipinski definition) is 0. The van der Waals surface area contributed by atoms with E-state index < -0.39 is 0 Å². The third-order valence-electron chi connectivity index (χ3n) is 4.08. The first-order valence-electron chi connectivity index (χ1n) is 8.20. The van der Waals surface area contributed by atoms with Crippen molar-refractivity contribution in [3.63, 3.8) is 0 Å². The van der Waals surface area contributed by atoms with Gasteiger partial charge in [0.15, 0.2) is 16.3 Å². The second-order valence-electron chi connectivity index (χ2n) is 5.74. The Hall–Kier alpha value is -2.81. The number of aromatic nitrogens is 3. The lowest BCUT2D eigenvalue weighted by Crippen LogP contribution is -2.17. The molecule has 1 aromatic carbocycles. The zero-order valence-electron chi connectivity index (χ0n) is 14.7. The number of ether oxygens (including phenoxy) is 3. The molecule has 8 nitrogen and oxygen atoms in total. The molecular formula is C17H18N4O4S. The van der Waals surface area contributed by atoms with Gasteiger partial charge < -0.3 is 18.8 Å². The predicted octanol–water partition coefficient (Wildman–Crippen LogP) is 1.98. The molecule has 26 heavy (non-hydrogen) atoms. The van der Waals surface area contributed by atoms with Crippen molar-refractivity contribution in [1.29, 1.82) is 0 Å². The van der Waals surface area contributed by atoms with Crippen LogP contribution < -0.4 is 19.0 Å². The number of amides is 1. The zero-order chi connectivity index (χ0) is 18.3. The molecule has 1 aliphatic heterocycles. The third-order valence-corrected chi connectivity index (χ3v) is 5.12. The highest BCUT2D eigenvalue weighted by molar-refractivity contribution is 7.16. The summed E-state index contributed by atoms with van der Waals surface area (Å²) in [6, 6.07) is 3.88. The van der Waals surface area contributed by atoms with Crippen LogP contribution in [-0.2, 0) is 13.6 Å². The third kappa shape index (κ3) is 2.74. The number of methoxy groups -OCH3 is 1. The Labute approximate surface area is 153 Å². The summed E-state index contributed by atoms with van der Waals surface area (Å²) in [6.07, 6.45) is 1.61. The molecule has 0 fully saturated rings. The van der Waals surface area contributed by atoms with Gasteiger partial charge in [-0.3, -0.25) is 9.48 Å². The van der Waals surface area contributed by atoms with E-state index in [1.165, 1.54) is 23.1 Å². The molecule has 0 saturated carbocycles. The first-order valence-corrected chi connectivity index (χ1v) is 9.02. The molecule has 2 aromatic heterocycles. The monoisotopic (exact) mass is 374 g/mol. The quantitative estimate of drug-likeness (QED) is 0.700. The minimum Gasteiger partial charge on any atom is -0.486 e. The molecule has 0 unspecified atom stereocenters. The lowest BCUT2D eigenvalue weighted by atomic mass is 10.2. The molecule has 0 radical (unpaired) electrons. The number of aryl methyl sites for hydroxylation is 2. The molecule has 0 spiro atoms. The van der Waals surface area contributed by atoms with Gasteiger partial charge in [0, 0.05) is 31.9 Å². The Morgan fingerprint density at radius 3 is 2.77 bits per heavy atom. The summed E-state index contributed by atoms with van der Waals surface area (Å²) < 4.78 is 21.0. The smallest absolute Gasteiger partial charge is 0.286 e. The van der Waals surface area contributed by atoms with Crippen LogP contribution in [0.2, 0.25) is 0 Å². The summed E-state index contributed by atoms with van der Waals surface area (Å²) in [4.78, 5) is 17.6. The number of nitrogens with zero attached hydrogens (tertiary/aromatic N) is 4. The Kier molecular flexibility index (Phi) is 4.15. The van der Waals surface area contributed by atoms with Gasteiger partial charge in [0.1, 0.15) is 18.8 Å². The molecular weight excluding hydrogens is 356 g/mol.